The molecule has 0 saturated carbocycles. The van der Waals surface area contributed by atoms with Crippen LogP contribution in [0.1, 0.15) is 16.1 Å². The Bertz CT molecular complexity index is 1480. The summed E-state index contributed by atoms with van der Waals surface area (Å²) in [4.78, 5) is 16.3. The highest BCUT2D eigenvalue weighted by Gasteiger charge is 2.19. The van der Waals surface area contributed by atoms with Crippen LogP contribution in [0.25, 0.3) is 33.9 Å². The summed E-state index contributed by atoms with van der Waals surface area (Å²) in [7, 11) is 0. The van der Waals surface area contributed by atoms with Crippen molar-refractivity contribution in [1.29, 1.82) is 0 Å². The van der Waals surface area contributed by atoms with Crippen molar-refractivity contribution in [1.82, 2.24) is 14.1 Å². The van der Waals surface area contributed by atoms with Crippen molar-refractivity contribution in [2.45, 2.75) is 6.92 Å². The standard InChI is InChI=1S/C27H19ClFN3O2/c1-17-24(27(33)34)14-26(19-2-6-20(28)7-3-19)32(17)23-10-4-18(5-11-23)25-15-31(16-30-25)22-12-8-21(29)9-13-22/h2-16H,1H3,(H,33,34). The first-order valence-electron chi connectivity index (χ1n) is 10.5. The first-order chi connectivity index (χ1) is 16.4. The number of carbonyl (C=O) groups is 1. The lowest BCUT2D eigenvalue weighted by Crippen LogP contribution is -2.02. The van der Waals surface area contributed by atoms with Gasteiger partial charge in [-0.05, 0) is 67.1 Å². The third-order valence-corrected chi connectivity index (χ3v) is 6.00. The van der Waals surface area contributed by atoms with E-state index in [1.165, 1.54) is 12.1 Å². The molecule has 0 fully saturated rings. The van der Waals surface area contributed by atoms with E-state index in [1.54, 1.807) is 43.6 Å². The molecule has 0 aliphatic rings. The van der Waals surface area contributed by atoms with Crippen molar-refractivity contribution >= 4 is 17.6 Å². The summed E-state index contributed by atoms with van der Waals surface area (Å²) < 4.78 is 17.0. The minimum atomic E-state index is -0.977. The van der Waals surface area contributed by atoms with Crippen LogP contribution in [0.2, 0.25) is 5.02 Å². The molecule has 7 heteroatoms. The van der Waals surface area contributed by atoms with E-state index >= 15 is 0 Å². The van der Waals surface area contributed by atoms with E-state index in [0.717, 1.165) is 33.9 Å². The first kappa shape index (κ1) is 21.7. The summed E-state index contributed by atoms with van der Waals surface area (Å²) in [5, 5.41) is 10.3. The highest BCUT2D eigenvalue weighted by atomic mass is 35.5. The van der Waals surface area contributed by atoms with E-state index in [2.05, 4.69) is 4.98 Å². The molecule has 0 spiro atoms. The number of nitrogens with zero attached hydrogens (tertiary/aromatic N) is 3. The Balaban J connectivity index is 1.52. The Hall–Kier alpha value is -4.16. The number of aromatic nitrogens is 3. The van der Waals surface area contributed by atoms with Crippen molar-refractivity contribution in [2.75, 3.05) is 0 Å². The largest absolute Gasteiger partial charge is 0.478 e. The molecule has 2 heterocycles. The van der Waals surface area contributed by atoms with Gasteiger partial charge in [0.1, 0.15) is 5.82 Å². The lowest BCUT2D eigenvalue weighted by Gasteiger charge is -2.13. The zero-order valence-corrected chi connectivity index (χ0v) is 18.9. The van der Waals surface area contributed by atoms with Crippen LogP contribution >= 0.6 is 11.6 Å². The fraction of sp³-hybridized carbons (Fsp3) is 0.0370. The minimum Gasteiger partial charge on any atom is -0.478 e. The first-order valence-corrected chi connectivity index (χ1v) is 10.9. The van der Waals surface area contributed by atoms with Gasteiger partial charge in [-0.3, -0.25) is 0 Å². The molecule has 168 valence electrons. The van der Waals surface area contributed by atoms with Gasteiger partial charge in [-0.15, -0.1) is 0 Å². The van der Waals surface area contributed by atoms with E-state index in [9.17, 15) is 14.3 Å². The Morgan fingerprint density at radius 1 is 0.912 bits per heavy atom. The van der Waals surface area contributed by atoms with E-state index in [0.29, 0.717) is 10.7 Å². The van der Waals surface area contributed by atoms with Crippen molar-refractivity contribution in [3.8, 4) is 33.9 Å². The normalized spacial score (nSPS) is 11.0. The molecule has 3 aromatic carbocycles. The smallest absolute Gasteiger partial charge is 0.337 e. The maximum Gasteiger partial charge on any atom is 0.337 e. The van der Waals surface area contributed by atoms with Gasteiger partial charge in [-0.2, -0.15) is 0 Å². The highest BCUT2D eigenvalue weighted by molar-refractivity contribution is 6.30. The van der Waals surface area contributed by atoms with Gasteiger partial charge in [0.05, 0.1) is 23.3 Å². The lowest BCUT2D eigenvalue weighted by atomic mass is 10.1. The predicted molar refractivity (Wildman–Crippen MR) is 130 cm³/mol. The molecule has 0 aliphatic carbocycles. The van der Waals surface area contributed by atoms with E-state index in [1.807, 2.05) is 51.7 Å². The van der Waals surface area contributed by atoms with Gasteiger partial charge in [0.25, 0.3) is 0 Å². The molecule has 1 N–H and O–H groups in total. The van der Waals surface area contributed by atoms with Crippen LogP contribution in [0.15, 0.2) is 91.4 Å². The average molecular weight is 472 g/mol. The monoisotopic (exact) mass is 471 g/mol. The Morgan fingerprint density at radius 2 is 1.53 bits per heavy atom. The zero-order valence-electron chi connectivity index (χ0n) is 18.1. The topological polar surface area (TPSA) is 60.0 Å². The number of carboxylic acid groups (broad SMARTS) is 1. The van der Waals surface area contributed by atoms with Gasteiger partial charge < -0.3 is 14.2 Å². The number of imidazole rings is 1. The maximum atomic E-state index is 13.2. The number of rotatable bonds is 5. The maximum absolute atomic E-state index is 13.2. The number of hydrogen-bond donors (Lipinski definition) is 1. The molecule has 0 aliphatic heterocycles. The molecule has 5 aromatic rings. The highest BCUT2D eigenvalue weighted by Crippen LogP contribution is 2.31. The van der Waals surface area contributed by atoms with Crippen molar-refractivity contribution in [2.24, 2.45) is 0 Å². The quantitative estimate of drug-likeness (QED) is 0.307. The third-order valence-electron chi connectivity index (χ3n) is 5.75. The van der Waals surface area contributed by atoms with Crippen LogP contribution in [0.4, 0.5) is 4.39 Å². The second kappa shape index (κ2) is 8.65. The van der Waals surface area contributed by atoms with Crippen molar-refractivity contribution < 1.29 is 14.3 Å². The molecule has 0 amide bonds. The lowest BCUT2D eigenvalue weighted by molar-refractivity contribution is 0.0696. The molecule has 5 nitrogen and oxygen atoms in total. The molecule has 0 bridgehead atoms. The fourth-order valence-corrected chi connectivity index (χ4v) is 4.12. The SMILES string of the molecule is Cc1c(C(=O)O)cc(-c2ccc(Cl)cc2)n1-c1ccc(-c2cn(-c3ccc(F)cc3)cn2)cc1. The number of aromatic carboxylic acids is 1. The van der Waals surface area contributed by atoms with Crippen molar-refractivity contribution in [3.05, 3.63) is 113 Å². The molecule has 2 aromatic heterocycles. The summed E-state index contributed by atoms with van der Waals surface area (Å²) in [6.45, 7) is 1.79. The molecular weight excluding hydrogens is 453 g/mol. The van der Waals surface area contributed by atoms with Crippen LogP contribution in [-0.2, 0) is 0 Å². The number of halogens is 2. The van der Waals surface area contributed by atoms with E-state index in [-0.39, 0.29) is 11.4 Å². The molecule has 34 heavy (non-hydrogen) atoms. The van der Waals surface area contributed by atoms with Crippen LogP contribution < -0.4 is 0 Å². The fourth-order valence-electron chi connectivity index (χ4n) is 4.00. The van der Waals surface area contributed by atoms with Crippen LogP contribution in [-0.4, -0.2) is 25.2 Å². The van der Waals surface area contributed by atoms with Gasteiger partial charge in [0.15, 0.2) is 0 Å². The Morgan fingerprint density at radius 3 is 2.18 bits per heavy atom. The number of hydrogen-bond acceptors (Lipinski definition) is 2. The average Bonchev–Trinajstić information content (AvgIpc) is 3.46. The van der Waals surface area contributed by atoms with E-state index < -0.39 is 5.97 Å². The van der Waals surface area contributed by atoms with Gasteiger partial charge in [0.2, 0.25) is 0 Å². The van der Waals surface area contributed by atoms with Gasteiger partial charge in [-0.25, -0.2) is 14.2 Å². The Labute approximate surface area is 200 Å². The van der Waals surface area contributed by atoms with Gasteiger partial charge in [0, 0.05) is 33.9 Å². The van der Waals surface area contributed by atoms with Crippen molar-refractivity contribution in [3.63, 3.8) is 0 Å². The summed E-state index contributed by atoms with van der Waals surface area (Å²) in [5.74, 6) is -1.27. The van der Waals surface area contributed by atoms with Crippen LogP contribution in [0.5, 0.6) is 0 Å². The molecule has 0 saturated heterocycles. The summed E-state index contributed by atoms with van der Waals surface area (Å²) in [6, 6.07) is 22.9. The Kier molecular flexibility index (Phi) is 5.51. The van der Waals surface area contributed by atoms with Crippen LogP contribution in [0.3, 0.4) is 0 Å². The molecular formula is C27H19ClFN3O2. The summed E-state index contributed by atoms with van der Waals surface area (Å²) in [6.07, 6.45) is 3.56. The number of benzene rings is 3. The second-order valence-electron chi connectivity index (χ2n) is 7.87. The summed E-state index contributed by atoms with van der Waals surface area (Å²) in [5.41, 5.74) is 5.82. The zero-order chi connectivity index (χ0) is 23.8. The molecule has 0 atom stereocenters. The van der Waals surface area contributed by atoms with Gasteiger partial charge >= 0.3 is 5.97 Å². The van der Waals surface area contributed by atoms with E-state index in [4.69, 9.17) is 11.6 Å². The second-order valence-corrected chi connectivity index (χ2v) is 8.30. The molecule has 5 rings (SSSR count). The predicted octanol–water partition coefficient (Wildman–Crippen LogP) is 6.80. The van der Waals surface area contributed by atoms with Gasteiger partial charge in [-0.1, -0.05) is 35.9 Å². The third kappa shape index (κ3) is 4.00. The summed E-state index contributed by atoms with van der Waals surface area (Å²) >= 11 is 6.04. The van der Waals surface area contributed by atoms with Crippen LogP contribution in [0, 0.1) is 12.7 Å². The number of carboxylic acids is 1. The minimum absolute atomic E-state index is 0.243. The molecule has 0 radical (unpaired) electrons. The molecule has 0 unspecified atom stereocenters.